The van der Waals surface area contributed by atoms with Crippen molar-refractivity contribution >= 4 is 16.8 Å². The molecule has 1 amide bonds. The van der Waals surface area contributed by atoms with Gasteiger partial charge in [-0.05, 0) is 37.7 Å². The molecule has 2 heterocycles. The Morgan fingerprint density at radius 2 is 2.32 bits per heavy atom. The van der Waals surface area contributed by atoms with Crippen molar-refractivity contribution in [2.75, 3.05) is 20.1 Å². The first kappa shape index (κ1) is 12.1. The smallest absolute Gasteiger partial charge is 0.253 e. The quantitative estimate of drug-likeness (QED) is 0.888. The first-order valence-corrected chi connectivity index (χ1v) is 6.59. The van der Waals surface area contributed by atoms with Crippen LogP contribution in [0, 0.1) is 0 Å². The van der Waals surface area contributed by atoms with Gasteiger partial charge in [0.15, 0.2) is 0 Å². The van der Waals surface area contributed by atoms with Crippen molar-refractivity contribution in [3.05, 3.63) is 42.1 Å². The van der Waals surface area contributed by atoms with Crippen molar-refractivity contribution in [2.24, 2.45) is 0 Å². The zero-order chi connectivity index (χ0) is 13.2. The Labute approximate surface area is 112 Å². The molecule has 1 unspecified atom stereocenters. The number of rotatable bonds is 2. The summed E-state index contributed by atoms with van der Waals surface area (Å²) in [6.07, 6.45) is 2.79. The molecule has 1 aliphatic heterocycles. The van der Waals surface area contributed by atoms with Gasteiger partial charge in [-0.3, -0.25) is 9.78 Å². The third-order valence-corrected chi connectivity index (χ3v) is 3.73. The van der Waals surface area contributed by atoms with Gasteiger partial charge in [0.25, 0.3) is 5.91 Å². The summed E-state index contributed by atoms with van der Waals surface area (Å²) >= 11 is 0. The molecule has 0 bridgehead atoms. The van der Waals surface area contributed by atoms with Gasteiger partial charge < -0.3 is 10.2 Å². The highest BCUT2D eigenvalue weighted by Crippen LogP contribution is 2.17. The van der Waals surface area contributed by atoms with Gasteiger partial charge in [0.2, 0.25) is 0 Å². The minimum absolute atomic E-state index is 0.114. The average Bonchev–Trinajstić information content (AvgIpc) is 2.95. The van der Waals surface area contributed by atoms with Gasteiger partial charge in [0.1, 0.15) is 0 Å². The lowest BCUT2D eigenvalue weighted by Gasteiger charge is -2.16. The third kappa shape index (κ3) is 2.31. The molecule has 1 N–H and O–H groups in total. The van der Waals surface area contributed by atoms with Crippen LogP contribution in [0.15, 0.2) is 36.5 Å². The highest BCUT2D eigenvalue weighted by Gasteiger charge is 2.25. The Hall–Kier alpha value is -1.94. The van der Waals surface area contributed by atoms with Crippen LogP contribution in [-0.2, 0) is 0 Å². The first-order valence-electron chi connectivity index (χ1n) is 6.59. The highest BCUT2D eigenvalue weighted by molar-refractivity contribution is 5.98. The number of carbonyl (C=O) groups is 1. The fourth-order valence-electron chi connectivity index (χ4n) is 2.57. The van der Waals surface area contributed by atoms with Crippen molar-refractivity contribution in [1.82, 2.24) is 15.2 Å². The van der Waals surface area contributed by atoms with E-state index in [9.17, 15) is 4.79 Å². The van der Waals surface area contributed by atoms with Crippen molar-refractivity contribution in [3.8, 4) is 0 Å². The number of likely N-dealkylation sites (N-methyl/N-ethyl adjacent to an activating group) is 1. The van der Waals surface area contributed by atoms with Gasteiger partial charge in [-0.1, -0.05) is 6.07 Å². The third-order valence-electron chi connectivity index (χ3n) is 3.73. The van der Waals surface area contributed by atoms with Gasteiger partial charge in [0.05, 0.1) is 5.52 Å². The van der Waals surface area contributed by atoms with E-state index in [4.69, 9.17) is 0 Å². The van der Waals surface area contributed by atoms with Crippen LogP contribution >= 0.6 is 0 Å². The van der Waals surface area contributed by atoms with Crippen molar-refractivity contribution in [1.29, 1.82) is 0 Å². The number of hydrogen-bond donors (Lipinski definition) is 1. The van der Waals surface area contributed by atoms with E-state index in [2.05, 4.69) is 10.3 Å². The molecule has 19 heavy (non-hydrogen) atoms. The Balaban J connectivity index is 1.85. The number of nitrogens with one attached hydrogen (secondary N) is 1. The number of pyridine rings is 1. The van der Waals surface area contributed by atoms with Gasteiger partial charge in [-0.15, -0.1) is 0 Å². The van der Waals surface area contributed by atoms with Crippen LogP contribution in [0.3, 0.4) is 0 Å². The molecule has 1 aliphatic rings. The summed E-state index contributed by atoms with van der Waals surface area (Å²) in [5.74, 6) is 0.114. The molecule has 1 aromatic carbocycles. The molecule has 0 saturated carbocycles. The monoisotopic (exact) mass is 255 g/mol. The van der Waals surface area contributed by atoms with Crippen LogP contribution in [0.5, 0.6) is 0 Å². The largest absolute Gasteiger partial charge is 0.337 e. The van der Waals surface area contributed by atoms with E-state index in [0.717, 1.165) is 36.0 Å². The molecular weight excluding hydrogens is 238 g/mol. The predicted molar refractivity (Wildman–Crippen MR) is 75.1 cm³/mol. The Kier molecular flexibility index (Phi) is 3.17. The summed E-state index contributed by atoms with van der Waals surface area (Å²) in [6, 6.07) is 10.0. The number of carbonyl (C=O) groups excluding carboxylic acids is 1. The Morgan fingerprint density at radius 3 is 3.11 bits per heavy atom. The van der Waals surface area contributed by atoms with Crippen LogP contribution in [0.4, 0.5) is 0 Å². The van der Waals surface area contributed by atoms with Crippen LogP contribution < -0.4 is 5.32 Å². The molecule has 1 saturated heterocycles. The lowest BCUT2D eigenvalue weighted by atomic mass is 10.1. The molecule has 3 rings (SSSR count). The summed E-state index contributed by atoms with van der Waals surface area (Å²) in [5.41, 5.74) is 1.67. The lowest BCUT2D eigenvalue weighted by molar-refractivity contribution is 0.0790. The summed E-state index contributed by atoms with van der Waals surface area (Å²) in [7, 11) is 1.94. The van der Waals surface area contributed by atoms with Gasteiger partial charge in [-0.25, -0.2) is 0 Å². The molecular formula is C15H17N3O. The van der Waals surface area contributed by atoms with Gasteiger partial charge in [0, 0.05) is 36.3 Å². The van der Waals surface area contributed by atoms with Crippen molar-refractivity contribution in [2.45, 2.75) is 12.5 Å². The summed E-state index contributed by atoms with van der Waals surface area (Å²) in [6.45, 7) is 1.62. The van der Waals surface area contributed by atoms with Crippen LogP contribution in [0.1, 0.15) is 16.8 Å². The number of amides is 1. The molecule has 1 aromatic heterocycles. The second kappa shape index (κ2) is 4.97. The summed E-state index contributed by atoms with van der Waals surface area (Å²) < 4.78 is 0. The zero-order valence-corrected chi connectivity index (χ0v) is 11.0. The zero-order valence-electron chi connectivity index (χ0n) is 11.0. The van der Waals surface area contributed by atoms with Gasteiger partial charge >= 0.3 is 0 Å². The summed E-state index contributed by atoms with van der Waals surface area (Å²) in [5, 5.41) is 4.24. The maximum Gasteiger partial charge on any atom is 0.253 e. The molecule has 0 radical (unpaired) electrons. The van der Waals surface area contributed by atoms with Crippen LogP contribution in [-0.4, -0.2) is 42.0 Å². The fraction of sp³-hybridized carbons (Fsp3) is 0.333. The maximum atomic E-state index is 12.4. The van der Waals surface area contributed by atoms with Crippen molar-refractivity contribution in [3.63, 3.8) is 0 Å². The molecule has 98 valence electrons. The molecule has 4 nitrogen and oxygen atoms in total. The van der Waals surface area contributed by atoms with E-state index in [1.54, 1.807) is 6.20 Å². The number of hydrogen-bond acceptors (Lipinski definition) is 3. The topological polar surface area (TPSA) is 45.2 Å². The average molecular weight is 255 g/mol. The van der Waals surface area contributed by atoms with E-state index in [1.165, 1.54) is 0 Å². The number of nitrogens with zero attached hydrogens (tertiary/aromatic N) is 2. The minimum Gasteiger partial charge on any atom is -0.337 e. The Morgan fingerprint density at radius 1 is 1.42 bits per heavy atom. The van der Waals surface area contributed by atoms with E-state index < -0.39 is 0 Å². The number of aromatic nitrogens is 1. The fourth-order valence-corrected chi connectivity index (χ4v) is 2.57. The molecule has 0 spiro atoms. The van der Waals surface area contributed by atoms with E-state index in [-0.39, 0.29) is 5.91 Å². The lowest BCUT2D eigenvalue weighted by Crippen LogP contribution is -2.33. The predicted octanol–water partition coefficient (Wildman–Crippen LogP) is 1.67. The SMILES string of the molecule is CNC1CCN(C(=O)c2ccc3ncccc3c2)C1. The van der Waals surface area contributed by atoms with Crippen LogP contribution in [0.25, 0.3) is 10.9 Å². The molecule has 1 fully saturated rings. The number of likely N-dealkylation sites (tertiary alicyclic amines) is 1. The molecule has 4 heteroatoms. The normalized spacial score (nSPS) is 19.0. The van der Waals surface area contributed by atoms with E-state index in [0.29, 0.717) is 6.04 Å². The van der Waals surface area contributed by atoms with Crippen molar-refractivity contribution < 1.29 is 4.79 Å². The highest BCUT2D eigenvalue weighted by atomic mass is 16.2. The maximum absolute atomic E-state index is 12.4. The molecule has 1 atom stereocenters. The van der Waals surface area contributed by atoms with Gasteiger partial charge in [-0.2, -0.15) is 0 Å². The molecule has 0 aliphatic carbocycles. The van der Waals surface area contributed by atoms with E-state index >= 15 is 0 Å². The minimum atomic E-state index is 0.114. The Bertz CT molecular complexity index is 611. The number of fused-ring (bicyclic) bond motifs is 1. The van der Waals surface area contributed by atoms with Crippen LogP contribution in [0.2, 0.25) is 0 Å². The second-order valence-electron chi connectivity index (χ2n) is 4.94. The summed E-state index contributed by atoms with van der Waals surface area (Å²) in [4.78, 5) is 18.6. The first-order chi connectivity index (χ1) is 9.28. The molecule has 2 aromatic rings. The second-order valence-corrected chi connectivity index (χ2v) is 4.94. The standard InChI is InChI=1S/C15H17N3O/c1-16-13-6-8-18(10-13)15(19)12-4-5-14-11(9-12)3-2-7-17-14/h2-5,7,9,13,16H,6,8,10H2,1H3. The van der Waals surface area contributed by atoms with E-state index in [1.807, 2.05) is 42.3 Å². The number of benzene rings is 1.